The second-order valence-corrected chi connectivity index (χ2v) is 6.90. The average Bonchev–Trinajstić information content (AvgIpc) is 3.04. The molecule has 3 heterocycles. The maximum Gasteiger partial charge on any atom is 0.251 e. The molecule has 25 heavy (non-hydrogen) atoms. The predicted molar refractivity (Wildman–Crippen MR) is 97.7 cm³/mol. The quantitative estimate of drug-likeness (QED) is 0.770. The number of piperidine rings is 1. The van der Waals surface area contributed by atoms with E-state index in [-0.39, 0.29) is 11.6 Å². The van der Waals surface area contributed by atoms with Gasteiger partial charge in [-0.25, -0.2) is 9.97 Å². The first kappa shape index (κ1) is 16.0. The van der Waals surface area contributed by atoms with E-state index < -0.39 is 0 Å². The van der Waals surface area contributed by atoms with Gasteiger partial charge < -0.3 is 9.97 Å². The standard InChI is InChI=1S/C19H23N5O/c1-12-11-17(25)23-18(20-12)13(2)24-9-7-14(8-10-24)19-21-15-5-3-4-6-16(15)22-19/h3-6,11,13-14H,7-10H2,1-2H3,(H,21,22)(H,20,23,25)/t13-/m1/s1. The molecule has 2 N–H and O–H groups in total. The lowest BCUT2D eigenvalue weighted by Gasteiger charge is -2.34. The van der Waals surface area contributed by atoms with Gasteiger partial charge in [0.15, 0.2) is 0 Å². The number of benzene rings is 1. The van der Waals surface area contributed by atoms with Crippen LogP contribution in [0, 0.1) is 6.92 Å². The first-order valence-electron chi connectivity index (χ1n) is 8.87. The van der Waals surface area contributed by atoms with Crippen LogP contribution in [0.1, 0.15) is 49.1 Å². The molecular formula is C19H23N5O. The summed E-state index contributed by atoms with van der Waals surface area (Å²) in [5, 5.41) is 0. The number of nitrogens with one attached hydrogen (secondary N) is 2. The Morgan fingerprint density at radius 1 is 1.16 bits per heavy atom. The third kappa shape index (κ3) is 3.22. The van der Waals surface area contributed by atoms with Crippen molar-refractivity contribution in [3.05, 3.63) is 58.0 Å². The molecule has 6 nitrogen and oxygen atoms in total. The number of fused-ring (bicyclic) bond motifs is 1. The van der Waals surface area contributed by atoms with Crippen LogP contribution < -0.4 is 5.56 Å². The SMILES string of the molecule is Cc1cc(=O)[nH]c([C@@H](C)N2CCC(c3nc4ccccc4[nH]3)CC2)n1. The number of likely N-dealkylation sites (tertiary alicyclic amines) is 1. The number of aromatic amines is 2. The van der Waals surface area contributed by atoms with E-state index in [4.69, 9.17) is 4.98 Å². The third-order valence-electron chi connectivity index (χ3n) is 5.16. The van der Waals surface area contributed by atoms with Crippen LogP contribution in [0.5, 0.6) is 0 Å². The van der Waals surface area contributed by atoms with Crippen LogP contribution in [0.4, 0.5) is 0 Å². The summed E-state index contributed by atoms with van der Waals surface area (Å²) in [6, 6.07) is 9.82. The van der Waals surface area contributed by atoms with Crippen LogP contribution in [-0.4, -0.2) is 37.9 Å². The maximum atomic E-state index is 11.7. The lowest BCUT2D eigenvalue weighted by molar-refractivity contribution is 0.155. The molecule has 6 heteroatoms. The number of H-pyrrole nitrogens is 2. The fraction of sp³-hybridized carbons (Fsp3) is 0.421. The van der Waals surface area contributed by atoms with Crippen molar-refractivity contribution in [3.8, 4) is 0 Å². The molecule has 0 amide bonds. The van der Waals surface area contributed by atoms with Crippen molar-refractivity contribution in [2.75, 3.05) is 13.1 Å². The first-order chi connectivity index (χ1) is 12.1. The van der Waals surface area contributed by atoms with Gasteiger partial charge in [-0.15, -0.1) is 0 Å². The minimum atomic E-state index is -0.0773. The molecule has 0 saturated carbocycles. The van der Waals surface area contributed by atoms with Gasteiger partial charge in [0.25, 0.3) is 5.56 Å². The summed E-state index contributed by atoms with van der Waals surface area (Å²) >= 11 is 0. The Hall–Kier alpha value is -2.47. The van der Waals surface area contributed by atoms with Gasteiger partial charge in [-0.05, 0) is 51.9 Å². The Balaban J connectivity index is 1.46. The van der Waals surface area contributed by atoms with Crippen molar-refractivity contribution in [1.29, 1.82) is 0 Å². The lowest BCUT2D eigenvalue weighted by Crippen LogP contribution is -2.36. The zero-order valence-corrected chi connectivity index (χ0v) is 14.6. The van der Waals surface area contributed by atoms with E-state index in [1.165, 1.54) is 6.07 Å². The summed E-state index contributed by atoms with van der Waals surface area (Å²) in [5.74, 6) is 2.31. The number of imidazole rings is 1. The highest BCUT2D eigenvalue weighted by Crippen LogP contribution is 2.30. The van der Waals surface area contributed by atoms with E-state index in [1.807, 2.05) is 25.1 Å². The van der Waals surface area contributed by atoms with Crippen molar-refractivity contribution in [2.24, 2.45) is 0 Å². The Morgan fingerprint density at radius 3 is 2.64 bits per heavy atom. The topological polar surface area (TPSA) is 77.7 Å². The van der Waals surface area contributed by atoms with E-state index in [0.717, 1.165) is 54.3 Å². The number of hydrogen-bond acceptors (Lipinski definition) is 4. The van der Waals surface area contributed by atoms with Crippen LogP contribution in [0.3, 0.4) is 0 Å². The molecule has 3 aromatic rings. The number of aryl methyl sites for hydroxylation is 1. The molecule has 130 valence electrons. The third-order valence-corrected chi connectivity index (χ3v) is 5.16. The van der Waals surface area contributed by atoms with Crippen LogP contribution in [0.2, 0.25) is 0 Å². The molecule has 0 radical (unpaired) electrons. The number of para-hydroxylation sites is 2. The van der Waals surface area contributed by atoms with Crippen molar-refractivity contribution in [3.63, 3.8) is 0 Å². The van der Waals surface area contributed by atoms with Gasteiger partial charge in [0.1, 0.15) is 11.6 Å². The first-order valence-corrected chi connectivity index (χ1v) is 8.87. The zero-order valence-electron chi connectivity index (χ0n) is 14.6. The molecule has 1 aromatic carbocycles. The van der Waals surface area contributed by atoms with E-state index in [1.54, 1.807) is 0 Å². The van der Waals surface area contributed by atoms with Gasteiger partial charge in [-0.3, -0.25) is 9.69 Å². The average molecular weight is 337 g/mol. The van der Waals surface area contributed by atoms with Crippen LogP contribution >= 0.6 is 0 Å². The van der Waals surface area contributed by atoms with Crippen LogP contribution in [0.25, 0.3) is 11.0 Å². The summed E-state index contributed by atoms with van der Waals surface area (Å²) in [7, 11) is 0. The second-order valence-electron chi connectivity index (χ2n) is 6.90. The Bertz CT molecular complexity index is 903. The summed E-state index contributed by atoms with van der Waals surface area (Å²) in [5.41, 5.74) is 2.83. The minimum absolute atomic E-state index is 0.0773. The van der Waals surface area contributed by atoms with Crippen molar-refractivity contribution in [1.82, 2.24) is 24.8 Å². The molecule has 2 aromatic heterocycles. The van der Waals surface area contributed by atoms with Crippen molar-refractivity contribution >= 4 is 11.0 Å². The summed E-state index contributed by atoms with van der Waals surface area (Å²) in [6.45, 7) is 5.92. The van der Waals surface area contributed by atoms with E-state index >= 15 is 0 Å². The molecule has 0 spiro atoms. The minimum Gasteiger partial charge on any atom is -0.342 e. The number of hydrogen-bond donors (Lipinski definition) is 2. The second kappa shape index (κ2) is 6.44. The Morgan fingerprint density at radius 2 is 1.92 bits per heavy atom. The molecule has 0 aliphatic carbocycles. The number of nitrogens with zero attached hydrogens (tertiary/aromatic N) is 3. The Kier molecular flexibility index (Phi) is 4.13. The summed E-state index contributed by atoms with van der Waals surface area (Å²) in [6.07, 6.45) is 2.11. The largest absolute Gasteiger partial charge is 0.342 e. The van der Waals surface area contributed by atoms with Gasteiger partial charge in [0.2, 0.25) is 0 Å². The highest BCUT2D eigenvalue weighted by Gasteiger charge is 2.27. The molecule has 0 bridgehead atoms. The maximum absolute atomic E-state index is 11.7. The number of rotatable bonds is 3. The molecule has 1 aliphatic rings. The zero-order chi connectivity index (χ0) is 17.4. The van der Waals surface area contributed by atoms with Crippen LogP contribution in [-0.2, 0) is 0 Å². The van der Waals surface area contributed by atoms with Gasteiger partial charge in [0, 0.05) is 17.7 Å². The van der Waals surface area contributed by atoms with Gasteiger partial charge in [-0.1, -0.05) is 12.1 Å². The number of aromatic nitrogens is 4. The summed E-state index contributed by atoms with van der Waals surface area (Å²) < 4.78 is 0. The smallest absolute Gasteiger partial charge is 0.251 e. The van der Waals surface area contributed by atoms with Crippen LogP contribution in [0.15, 0.2) is 35.1 Å². The van der Waals surface area contributed by atoms with E-state index in [9.17, 15) is 4.79 Å². The highest BCUT2D eigenvalue weighted by atomic mass is 16.1. The molecule has 1 atom stereocenters. The highest BCUT2D eigenvalue weighted by molar-refractivity contribution is 5.74. The fourth-order valence-corrected chi connectivity index (χ4v) is 3.70. The normalized spacial score (nSPS) is 17.8. The molecule has 4 rings (SSSR count). The van der Waals surface area contributed by atoms with Crippen molar-refractivity contribution in [2.45, 2.75) is 38.6 Å². The van der Waals surface area contributed by atoms with E-state index in [0.29, 0.717) is 5.92 Å². The fourth-order valence-electron chi connectivity index (χ4n) is 3.70. The molecule has 1 aliphatic heterocycles. The monoisotopic (exact) mass is 337 g/mol. The van der Waals surface area contributed by atoms with Gasteiger partial charge in [-0.2, -0.15) is 0 Å². The molecule has 1 saturated heterocycles. The van der Waals surface area contributed by atoms with E-state index in [2.05, 4.69) is 32.8 Å². The molecule has 1 fully saturated rings. The van der Waals surface area contributed by atoms with Gasteiger partial charge in [0.05, 0.1) is 17.1 Å². The summed E-state index contributed by atoms with van der Waals surface area (Å²) in [4.78, 5) is 29.7. The lowest BCUT2D eigenvalue weighted by atomic mass is 9.95. The Labute approximate surface area is 146 Å². The van der Waals surface area contributed by atoms with Crippen molar-refractivity contribution < 1.29 is 0 Å². The van der Waals surface area contributed by atoms with Gasteiger partial charge >= 0.3 is 0 Å². The molecular weight excluding hydrogens is 314 g/mol. The molecule has 0 unspecified atom stereocenters. The predicted octanol–water partition coefficient (Wildman–Crippen LogP) is 2.90.